The van der Waals surface area contributed by atoms with Gasteiger partial charge in [0.2, 0.25) is 0 Å². The van der Waals surface area contributed by atoms with Crippen molar-refractivity contribution in [2.75, 3.05) is 13.1 Å². The molecule has 0 saturated carbocycles. The van der Waals surface area contributed by atoms with Crippen molar-refractivity contribution in [3.8, 4) is 5.69 Å². The van der Waals surface area contributed by atoms with Crippen molar-refractivity contribution < 1.29 is 0 Å². The van der Waals surface area contributed by atoms with Gasteiger partial charge >= 0.3 is 0 Å². The fourth-order valence-electron chi connectivity index (χ4n) is 2.20. The van der Waals surface area contributed by atoms with E-state index in [4.69, 9.17) is 0 Å². The monoisotopic (exact) mass is 285 g/mol. The second-order valence-corrected chi connectivity index (χ2v) is 5.55. The van der Waals surface area contributed by atoms with Crippen molar-refractivity contribution in [3.05, 3.63) is 48.8 Å². The fourth-order valence-corrected chi connectivity index (χ4v) is 2.20. The molecular weight excluding hydrogens is 262 g/mol. The molecule has 0 fully saturated rings. The molecule has 0 aliphatic rings. The summed E-state index contributed by atoms with van der Waals surface area (Å²) < 4.78 is 1.79. The first kappa shape index (κ1) is 15.4. The van der Waals surface area contributed by atoms with E-state index in [1.165, 1.54) is 0 Å². The Kier molecular flexibility index (Phi) is 5.22. The molecule has 112 valence electrons. The highest BCUT2D eigenvalue weighted by Crippen LogP contribution is 2.23. The van der Waals surface area contributed by atoms with Crippen molar-refractivity contribution in [1.29, 1.82) is 0 Å². The summed E-state index contributed by atoms with van der Waals surface area (Å²) in [6.07, 6.45) is 3.85. The average molecular weight is 285 g/mol. The maximum absolute atomic E-state index is 4.18. The number of tetrazole rings is 1. The Morgan fingerprint density at radius 2 is 2.10 bits per heavy atom. The van der Waals surface area contributed by atoms with Crippen LogP contribution in [0.5, 0.6) is 0 Å². The van der Waals surface area contributed by atoms with Gasteiger partial charge in [0.25, 0.3) is 0 Å². The molecule has 1 atom stereocenters. The number of hydrogen-bond donors (Lipinski definition) is 1. The van der Waals surface area contributed by atoms with E-state index in [0.717, 1.165) is 37.4 Å². The van der Waals surface area contributed by atoms with Gasteiger partial charge in [-0.25, -0.2) is 0 Å². The van der Waals surface area contributed by atoms with Crippen molar-refractivity contribution in [2.45, 2.75) is 26.7 Å². The third-order valence-corrected chi connectivity index (χ3v) is 3.55. The quantitative estimate of drug-likeness (QED) is 0.598. The lowest BCUT2D eigenvalue weighted by Gasteiger charge is -2.25. The number of aromatic nitrogens is 4. The van der Waals surface area contributed by atoms with Gasteiger partial charge in [0.05, 0.1) is 5.69 Å². The second kappa shape index (κ2) is 7.13. The molecule has 1 unspecified atom stereocenters. The zero-order valence-electron chi connectivity index (χ0n) is 12.8. The Morgan fingerprint density at radius 1 is 1.33 bits per heavy atom. The third-order valence-electron chi connectivity index (χ3n) is 3.55. The minimum Gasteiger partial charge on any atom is -0.316 e. The Hall–Kier alpha value is -2.01. The lowest BCUT2D eigenvalue weighted by atomic mass is 9.86. The predicted molar refractivity (Wildman–Crippen MR) is 84.3 cm³/mol. The molecule has 0 bridgehead atoms. The van der Waals surface area contributed by atoms with Gasteiger partial charge in [0.15, 0.2) is 5.82 Å². The molecule has 0 saturated heterocycles. The molecule has 1 aromatic carbocycles. The molecule has 21 heavy (non-hydrogen) atoms. The number of nitrogens with one attached hydrogen (secondary N) is 1. The lowest BCUT2D eigenvalue weighted by Crippen LogP contribution is -2.33. The summed E-state index contributed by atoms with van der Waals surface area (Å²) in [4.78, 5) is 0. The molecule has 0 spiro atoms. The smallest absolute Gasteiger partial charge is 0.157 e. The maximum atomic E-state index is 4.18. The molecule has 0 aliphatic carbocycles. The highest BCUT2D eigenvalue weighted by Gasteiger charge is 2.24. The summed E-state index contributed by atoms with van der Waals surface area (Å²) in [5, 5.41) is 15.6. The summed E-state index contributed by atoms with van der Waals surface area (Å²) in [6, 6.07) is 9.95. The van der Waals surface area contributed by atoms with Crippen LogP contribution in [0.2, 0.25) is 0 Å². The Labute approximate surface area is 126 Å². The number of para-hydroxylation sites is 1. The molecule has 1 N–H and O–H groups in total. The maximum Gasteiger partial charge on any atom is 0.157 e. The topological polar surface area (TPSA) is 55.6 Å². The van der Waals surface area contributed by atoms with Crippen LogP contribution < -0.4 is 5.32 Å². The van der Waals surface area contributed by atoms with Crippen LogP contribution in [0.1, 0.15) is 26.1 Å². The number of rotatable bonds is 8. The number of benzene rings is 1. The van der Waals surface area contributed by atoms with Gasteiger partial charge in [0, 0.05) is 18.4 Å². The van der Waals surface area contributed by atoms with Crippen LogP contribution in [0.4, 0.5) is 0 Å². The van der Waals surface area contributed by atoms with E-state index in [0.29, 0.717) is 0 Å². The summed E-state index contributed by atoms with van der Waals surface area (Å²) in [7, 11) is 0. The van der Waals surface area contributed by atoms with Gasteiger partial charge < -0.3 is 5.32 Å². The molecule has 2 rings (SSSR count). The standard InChI is InChI=1S/C16H23N5/c1-4-11-17-13-16(3,5-2)12-15-18-19-20-21(15)14-9-7-6-8-10-14/h5-10,17H,2,4,11-13H2,1,3H3. The largest absolute Gasteiger partial charge is 0.316 e. The van der Waals surface area contributed by atoms with E-state index in [1.54, 1.807) is 4.68 Å². The van der Waals surface area contributed by atoms with Gasteiger partial charge in [-0.3, -0.25) is 0 Å². The van der Waals surface area contributed by atoms with Crippen LogP contribution in [-0.2, 0) is 6.42 Å². The second-order valence-electron chi connectivity index (χ2n) is 5.55. The molecule has 1 aromatic heterocycles. The first-order chi connectivity index (χ1) is 10.2. The van der Waals surface area contributed by atoms with E-state index >= 15 is 0 Å². The molecule has 0 amide bonds. The van der Waals surface area contributed by atoms with Crippen LogP contribution in [0.3, 0.4) is 0 Å². The number of nitrogens with zero attached hydrogens (tertiary/aromatic N) is 4. The van der Waals surface area contributed by atoms with E-state index in [1.807, 2.05) is 36.4 Å². The Bertz CT molecular complexity index is 563. The fraction of sp³-hybridized carbons (Fsp3) is 0.438. The molecule has 2 aromatic rings. The molecule has 0 radical (unpaired) electrons. The van der Waals surface area contributed by atoms with Gasteiger partial charge in [-0.1, -0.05) is 38.1 Å². The van der Waals surface area contributed by atoms with Crippen LogP contribution in [0.25, 0.3) is 5.69 Å². The third kappa shape index (κ3) is 3.98. The summed E-state index contributed by atoms with van der Waals surface area (Å²) in [6.45, 7) is 10.2. The highest BCUT2D eigenvalue weighted by molar-refractivity contribution is 5.30. The minimum atomic E-state index is -0.0730. The van der Waals surface area contributed by atoms with Crippen LogP contribution in [0, 0.1) is 5.41 Å². The van der Waals surface area contributed by atoms with E-state index in [-0.39, 0.29) is 5.41 Å². The van der Waals surface area contributed by atoms with Crippen molar-refractivity contribution in [3.63, 3.8) is 0 Å². The van der Waals surface area contributed by atoms with Crippen LogP contribution >= 0.6 is 0 Å². The van der Waals surface area contributed by atoms with E-state index < -0.39 is 0 Å². The Balaban J connectivity index is 2.15. The molecular formula is C16H23N5. The van der Waals surface area contributed by atoms with Gasteiger partial charge in [-0.15, -0.1) is 11.7 Å². The average Bonchev–Trinajstić information content (AvgIpc) is 2.96. The summed E-state index contributed by atoms with van der Waals surface area (Å²) in [5.41, 5.74) is 0.904. The van der Waals surface area contributed by atoms with Crippen LogP contribution in [-0.4, -0.2) is 33.3 Å². The van der Waals surface area contributed by atoms with E-state index in [2.05, 4.69) is 41.3 Å². The molecule has 5 nitrogen and oxygen atoms in total. The molecule has 1 heterocycles. The van der Waals surface area contributed by atoms with Gasteiger partial charge in [0.1, 0.15) is 0 Å². The van der Waals surface area contributed by atoms with Crippen LogP contribution in [0.15, 0.2) is 43.0 Å². The summed E-state index contributed by atoms with van der Waals surface area (Å²) >= 11 is 0. The molecule has 0 aliphatic heterocycles. The first-order valence-electron chi connectivity index (χ1n) is 7.35. The normalized spacial score (nSPS) is 13.8. The highest BCUT2D eigenvalue weighted by atomic mass is 15.5. The summed E-state index contributed by atoms with van der Waals surface area (Å²) in [5.74, 6) is 0.849. The lowest BCUT2D eigenvalue weighted by molar-refractivity contribution is 0.380. The zero-order valence-corrected chi connectivity index (χ0v) is 12.8. The van der Waals surface area contributed by atoms with Crippen molar-refractivity contribution in [2.24, 2.45) is 5.41 Å². The van der Waals surface area contributed by atoms with Gasteiger partial charge in [-0.05, 0) is 35.5 Å². The SMILES string of the molecule is C=CC(C)(CNCCC)Cc1nnnn1-c1ccccc1. The number of hydrogen-bond acceptors (Lipinski definition) is 4. The zero-order chi connectivity index (χ0) is 15.1. The van der Waals surface area contributed by atoms with E-state index in [9.17, 15) is 0 Å². The van der Waals surface area contributed by atoms with Crippen molar-refractivity contribution >= 4 is 0 Å². The Morgan fingerprint density at radius 3 is 2.76 bits per heavy atom. The minimum absolute atomic E-state index is 0.0730. The first-order valence-corrected chi connectivity index (χ1v) is 7.35. The predicted octanol–water partition coefficient (Wildman–Crippen LogP) is 2.40. The molecule has 5 heteroatoms. The van der Waals surface area contributed by atoms with Crippen molar-refractivity contribution in [1.82, 2.24) is 25.5 Å². The van der Waals surface area contributed by atoms with Gasteiger partial charge in [-0.2, -0.15) is 4.68 Å².